The zero-order chi connectivity index (χ0) is 9.90. The molecule has 1 rings (SSSR count). The summed E-state index contributed by atoms with van der Waals surface area (Å²) in [5, 5.41) is 0. The molecule has 7 heteroatoms. The summed E-state index contributed by atoms with van der Waals surface area (Å²) in [6.07, 6.45) is -0.831. The zero-order valence-corrected chi connectivity index (χ0v) is 7.87. The van der Waals surface area contributed by atoms with E-state index in [1.54, 1.807) is 6.92 Å². The highest BCUT2D eigenvalue weighted by molar-refractivity contribution is 7.87. The van der Waals surface area contributed by atoms with E-state index in [1.807, 2.05) is 0 Å². The van der Waals surface area contributed by atoms with Gasteiger partial charge in [0.25, 0.3) is 0 Å². The van der Waals surface area contributed by atoms with Crippen LogP contribution in [-0.4, -0.2) is 33.2 Å². The lowest BCUT2D eigenvalue weighted by atomic mass is 10.5. The molecule has 1 aliphatic heterocycles. The van der Waals surface area contributed by atoms with E-state index in [9.17, 15) is 13.2 Å². The van der Waals surface area contributed by atoms with Gasteiger partial charge in [0.1, 0.15) is 0 Å². The third-order valence-corrected chi connectivity index (χ3v) is 2.88. The summed E-state index contributed by atoms with van der Waals surface area (Å²) in [6.45, 7) is 1.79. The Labute approximate surface area is 75.9 Å². The van der Waals surface area contributed by atoms with E-state index in [1.165, 1.54) is 0 Å². The molecule has 0 radical (unpaired) electrons. The van der Waals surface area contributed by atoms with Crippen LogP contribution in [0, 0.1) is 0 Å². The van der Waals surface area contributed by atoms with Gasteiger partial charge in [-0.25, -0.2) is 4.79 Å². The fraction of sp³-hybridized carbons (Fsp3) is 0.833. The largest absolute Gasteiger partial charge is 0.509 e. The normalized spacial score (nSPS) is 25.5. The number of carbonyl (C=O) groups is 1. The van der Waals surface area contributed by atoms with Crippen molar-refractivity contribution in [1.29, 1.82) is 0 Å². The summed E-state index contributed by atoms with van der Waals surface area (Å²) >= 11 is 0. The standard InChI is InChI=1S/C6H10O6S/c1-2-10-6(7)12-5-3-4-11-13(5,8)9/h5H,2-4H2,1H3. The van der Waals surface area contributed by atoms with Gasteiger partial charge in [0, 0.05) is 6.42 Å². The van der Waals surface area contributed by atoms with E-state index in [4.69, 9.17) is 0 Å². The fourth-order valence-corrected chi connectivity index (χ4v) is 1.92. The Kier molecular flexibility index (Phi) is 3.10. The van der Waals surface area contributed by atoms with Crippen LogP contribution < -0.4 is 0 Å². The first kappa shape index (κ1) is 10.3. The van der Waals surface area contributed by atoms with Crippen molar-refractivity contribution in [1.82, 2.24) is 0 Å². The van der Waals surface area contributed by atoms with E-state index in [0.717, 1.165) is 0 Å². The molecule has 1 atom stereocenters. The van der Waals surface area contributed by atoms with E-state index in [0.29, 0.717) is 0 Å². The highest BCUT2D eigenvalue weighted by atomic mass is 32.2. The van der Waals surface area contributed by atoms with Crippen molar-refractivity contribution in [2.75, 3.05) is 13.2 Å². The maximum Gasteiger partial charge on any atom is 0.509 e. The van der Waals surface area contributed by atoms with Crippen molar-refractivity contribution in [3.8, 4) is 0 Å². The number of ether oxygens (including phenoxy) is 2. The summed E-state index contributed by atoms with van der Waals surface area (Å²) in [7, 11) is -3.72. The summed E-state index contributed by atoms with van der Waals surface area (Å²) in [6, 6.07) is 0. The van der Waals surface area contributed by atoms with Gasteiger partial charge in [-0.2, -0.15) is 8.42 Å². The summed E-state index contributed by atoms with van der Waals surface area (Å²) < 4.78 is 35.2. The average Bonchev–Trinajstić information content (AvgIpc) is 2.31. The highest BCUT2D eigenvalue weighted by Crippen LogP contribution is 2.18. The molecule has 1 aliphatic rings. The Morgan fingerprint density at radius 1 is 1.62 bits per heavy atom. The Balaban J connectivity index is 2.50. The van der Waals surface area contributed by atoms with Crippen LogP contribution in [0.2, 0.25) is 0 Å². The molecule has 0 spiro atoms. The van der Waals surface area contributed by atoms with Crippen LogP contribution in [0.15, 0.2) is 0 Å². The quantitative estimate of drug-likeness (QED) is 0.479. The van der Waals surface area contributed by atoms with E-state index in [2.05, 4.69) is 13.7 Å². The van der Waals surface area contributed by atoms with Crippen molar-refractivity contribution >= 4 is 16.3 Å². The van der Waals surface area contributed by atoms with Gasteiger partial charge in [-0.1, -0.05) is 0 Å². The molecular formula is C6H10O6S. The Morgan fingerprint density at radius 3 is 2.77 bits per heavy atom. The van der Waals surface area contributed by atoms with Crippen molar-refractivity contribution < 1.29 is 26.9 Å². The van der Waals surface area contributed by atoms with E-state index in [-0.39, 0.29) is 19.6 Å². The molecule has 13 heavy (non-hydrogen) atoms. The molecule has 0 aromatic rings. The zero-order valence-electron chi connectivity index (χ0n) is 7.06. The van der Waals surface area contributed by atoms with Crippen molar-refractivity contribution in [3.63, 3.8) is 0 Å². The van der Waals surface area contributed by atoms with Gasteiger partial charge in [0.05, 0.1) is 13.2 Å². The van der Waals surface area contributed by atoms with Crippen molar-refractivity contribution in [2.24, 2.45) is 0 Å². The lowest BCUT2D eigenvalue weighted by Gasteiger charge is -2.08. The molecule has 0 amide bonds. The fourth-order valence-electron chi connectivity index (χ4n) is 0.858. The molecular weight excluding hydrogens is 200 g/mol. The molecule has 0 saturated carbocycles. The Bertz CT molecular complexity index is 281. The predicted octanol–water partition coefficient (Wildman–Crippen LogP) is 0.236. The topological polar surface area (TPSA) is 78.9 Å². The molecule has 76 valence electrons. The number of rotatable bonds is 2. The second kappa shape index (κ2) is 3.93. The minimum absolute atomic E-state index is 0.0480. The first-order valence-corrected chi connectivity index (χ1v) is 5.25. The van der Waals surface area contributed by atoms with E-state index < -0.39 is 21.7 Å². The maximum atomic E-state index is 10.9. The minimum Gasteiger partial charge on any atom is -0.435 e. The van der Waals surface area contributed by atoms with Crippen molar-refractivity contribution in [3.05, 3.63) is 0 Å². The van der Waals surface area contributed by atoms with E-state index >= 15 is 0 Å². The maximum absolute atomic E-state index is 10.9. The smallest absolute Gasteiger partial charge is 0.435 e. The molecule has 6 nitrogen and oxygen atoms in total. The summed E-state index contributed by atoms with van der Waals surface area (Å²) in [5.74, 6) is 0. The third kappa shape index (κ3) is 2.56. The molecule has 1 heterocycles. The van der Waals surface area contributed by atoms with Gasteiger partial charge in [-0.15, -0.1) is 0 Å². The minimum atomic E-state index is -3.72. The summed E-state index contributed by atoms with van der Waals surface area (Å²) in [5.41, 5.74) is -1.22. The monoisotopic (exact) mass is 210 g/mol. The van der Waals surface area contributed by atoms with Crippen LogP contribution in [0.1, 0.15) is 13.3 Å². The molecule has 0 N–H and O–H groups in total. The lowest BCUT2D eigenvalue weighted by Crippen LogP contribution is -2.23. The Hall–Kier alpha value is -0.820. The molecule has 1 fully saturated rings. The highest BCUT2D eigenvalue weighted by Gasteiger charge is 2.36. The Morgan fingerprint density at radius 2 is 2.31 bits per heavy atom. The number of hydrogen-bond acceptors (Lipinski definition) is 6. The van der Waals surface area contributed by atoms with Crippen molar-refractivity contribution in [2.45, 2.75) is 18.8 Å². The molecule has 0 bridgehead atoms. The first-order chi connectivity index (χ1) is 6.06. The molecule has 1 unspecified atom stereocenters. The molecule has 0 aliphatic carbocycles. The molecule has 0 aromatic carbocycles. The number of hydrogen-bond donors (Lipinski definition) is 0. The third-order valence-electron chi connectivity index (χ3n) is 1.41. The summed E-state index contributed by atoms with van der Waals surface area (Å²) in [4.78, 5) is 10.7. The number of carbonyl (C=O) groups excluding carboxylic acids is 1. The van der Waals surface area contributed by atoms with Gasteiger partial charge in [0.2, 0.25) is 5.44 Å². The van der Waals surface area contributed by atoms with Gasteiger partial charge in [0.15, 0.2) is 0 Å². The predicted molar refractivity (Wildman–Crippen MR) is 41.4 cm³/mol. The van der Waals surface area contributed by atoms with Gasteiger partial charge in [-0.05, 0) is 6.92 Å². The van der Waals surface area contributed by atoms with Crippen LogP contribution >= 0.6 is 0 Å². The SMILES string of the molecule is CCOC(=O)OC1CCOS1(=O)=O. The second-order valence-electron chi connectivity index (χ2n) is 2.33. The van der Waals surface area contributed by atoms with Gasteiger partial charge < -0.3 is 9.47 Å². The van der Waals surface area contributed by atoms with Crippen LogP contribution in [0.4, 0.5) is 4.79 Å². The molecule has 1 saturated heterocycles. The first-order valence-electron chi connectivity index (χ1n) is 3.78. The van der Waals surface area contributed by atoms with Crippen LogP contribution in [0.3, 0.4) is 0 Å². The van der Waals surface area contributed by atoms with Crippen LogP contribution in [0.25, 0.3) is 0 Å². The van der Waals surface area contributed by atoms with Crippen LogP contribution in [0.5, 0.6) is 0 Å². The van der Waals surface area contributed by atoms with Gasteiger partial charge in [-0.3, -0.25) is 4.18 Å². The lowest BCUT2D eigenvalue weighted by molar-refractivity contribution is 0.0491. The van der Waals surface area contributed by atoms with Crippen LogP contribution in [-0.2, 0) is 23.8 Å². The van der Waals surface area contributed by atoms with Gasteiger partial charge >= 0.3 is 16.3 Å². The average molecular weight is 210 g/mol. The second-order valence-corrected chi connectivity index (χ2v) is 4.08. The molecule has 0 aromatic heterocycles.